The molecule has 2 aliphatic rings. The van der Waals surface area contributed by atoms with Gasteiger partial charge in [0.2, 0.25) is 5.13 Å². The second-order valence-corrected chi connectivity index (χ2v) is 11.2. The summed E-state index contributed by atoms with van der Waals surface area (Å²) >= 11 is 0.973. The lowest BCUT2D eigenvalue weighted by Gasteiger charge is -2.45. The maximum absolute atomic E-state index is 13.6. The number of rotatable bonds is 6. The van der Waals surface area contributed by atoms with Gasteiger partial charge in [-0.05, 0) is 49.1 Å². The lowest BCUT2D eigenvalue weighted by Crippen LogP contribution is -2.41. The number of nitrogens with zero attached hydrogens (tertiary/aromatic N) is 4. The second-order valence-electron chi connectivity index (χ2n) is 8.70. The summed E-state index contributed by atoms with van der Waals surface area (Å²) in [4.78, 5) is 10.7. The van der Waals surface area contributed by atoms with E-state index in [9.17, 15) is 12.8 Å². The zero-order valence-electron chi connectivity index (χ0n) is 19.2. The Hall–Kier alpha value is -2.89. The van der Waals surface area contributed by atoms with Gasteiger partial charge in [0, 0.05) is 54.9 Å². The van der Waals surface area contributed by atoms with E-state index in [1.165, 1.54) is 18.5 Å². The number of aliphatic imine (C=N–C) groups is 1. The van der Waals surface area contributed by atoms with Crippen LogP contribution < -0.4 is 9.46 Å². The molecular formula is C24H26FN5O3S2. The number of benzene rings is 2. The van der Waals surface area contributed by atoms with Gasteiger partial charge in [-0.25, -0.2) is 17.8 Å². The Morgan fingerprint density at radius 3 is 2.77 bits per heavy atom. The maximum Gasteiger partial charge on any atom is 0.263 e. The molecule has 0 aliphatic carbocycles. The van der Waals surface area contributed by atoms with E-state index in [2.05, 4.69) is 24.0 Å². The number of nitrogens with one attached hydrogen (secondary N) is 1. The van der Waals surface area contributed by atoms with Crippen molar-refractivity contribution in [2.24, 2.45) is 10.9 Å². The molecule has 1 fully saturated rings. The summed E-state index contributed by atoms with van der Waals surface area (Å²) in [5.41, 5.74) is 2.02. The Kier molecular flexibility index (Phi) is 6.81. The fourth-order valence-corrected chi connectivity index (χ4v) is 6.67. The smallest absolute Gasteiger partial charge is 0.263 e. The van der Waals surface area contributed by atoms with Gasteiger partial charge in [0.15, 0.2) is 0 Å². The summed E-state index contributed by atoms with van der Waals surface area (Å²) in [6, 6.07) is 11.9. The first-order valence-electron chi connectivity index (χ1n) is 11.4. The van der Waals surface area contributed by atoms with Gasteiger partial charge in [0.05, 0.1) is 11.5 Å². The van der Waals surface area contributed by atoms with Crippen LogP contribution in [-0.2, 0) is 10.0 Å². The zero-order valence-corrected chi connectivity index (χ0v) is 20.8. The average molecular weight is 516 g/mol. The zero-order chi connectivity index (χ0) is 24.4. The number of anilines is 1. The number of hydrogen-bond donors (Lipinski definition) is 1. The molecule has 1 aromatic heterocycles. The fraction of sp³-hybridized carbons (Fsp3) is 0.375. The lowest BCUT2D eigenvalue weighted by atomic mass is 9.84. The van der Waals surface area contributed by atoms with E-state index in [-0.39, 0.29) is 27.9 Å². The molecule has 1 N–H and O–H groups in total. The van der Waals surface area contributed by atoms with Crippen LogP contribution in [0.5, 0.6) is 5.75 Å². The molecule has 0 spiro atoms. The largest absolute Gasteiger partial charge is 0.493 e. The molecule has 0 bridgehead atoms. The summed E-state index contributed by atoms with van der Waals surface area (Å²) in [5.74, 6) is 0.663. The van der Waals surface area contributed by atoms with Crippen molar-refractivity contribution in [3.05, 3.63) is 65.7 Å². The van der Waals surface area contributed by atoms with Crippen molar-refractivity contribution in [2.45, 2.75) is 36.2 Å². The predicted octanol–water partition coefficient (Wildman–Crippen LogP) is 4.46. The molecule has 2 aliphatic heterocycles. The third-order valence-electron chi connectivity index (χ3n) is 6.59. The Bertz CT molecular complexity index is 1300. The molecule has 1 saturated heterocycles. The van der Waals surface area contributed by atoms with Crippen molar-refractivity contribution in [1.82, 2.24) is 14.3 Å². The Balaban J connectivity index is 1.45. The molecule has 184 valence electrons. The third-order valence-corrected chi connectivity index (χ3v) is 8.63. The Morgan fingerprint density at radius 2 is 2.03 bits per heavy atom. The number of likely N-dealkylation sites (tertiary alicyclic amines) is 1. The maximum atomic E-state index is 13.6. The molecule has 3 aromatic rings. The number of halogens is 1. The van der Waals surface area contributed by atoms with Crippen LogP contribution in [0.15, 0.2) is 58.7 Å². The van der Waals surface area contributed by atoms with Crippen LogP contribution in [0.3, 0.4) is 0 Å². The van der Waals surface area contributed by atoms with Crippen LogP contribution >= 0.6 is 11.5 Å². The summed E-state index contributed by atoms with van der Waals surface area (Å²) in [5, 5.41) is 0.210. The van der Waals surface area contributed by atoms with E-state index in [1.54, 1.807) is 19.2 Å². The third kappa shape index (κ3) is 5.07. The highest BCUT2D eigenvalue weighted by Crippen LogP contribution is 2.45. The average Bonchev–Trinajstić information content (AvgIpc) is 3.36. The number of ether oxygens (including phenoxy) is 1. The quantitative estimate of drug-likeness (QED) is 0.487. The summed E-state index contributed by atoms with van der Waals surface area (Å²) in [6.45, 7) is 1.33. The van der Waals surface area contributed by atoms with Crippen molar-refractivity contribution in [3.63, 3.8) is 0 Å². The molecule has 3 heterocycles. The number of sulfonamides is 1. The first-order chi connectivity index (χ1) is 16.9. The molecule has 0 radical (unpaired) electrons. The molecule has 3 atom stereocenters. The van der Waals surface area contributed by atoms with Crippen LogP contribution in [0, 0.1) is 11.7 Å². The van der Waals surface area contributed by atoms with Crippen LogP contribution in [0.4, 0.5) is 9.52 Å². The van der Waals surface area contributed by atoms with Crippen LogP contribution in [0.25, 0.3) is 0 Å². The first kappa shape index (κ1) is 23.8. The number of hydrogen-bond acceptors (Lipinski definition) is 8. The minimum Gasteiger partial charge on any atom is -0.493 e. The van der Waals surface area contributed by atoms with Crippen molar-refractivity contribution < 1.29 is 17.5 Å². The summed E-state index contributed by atoms with van der Waals surface area (Å²) < 4.78 is 51.5. The van der Waals surface area contributed by atoms with E-state index in [1.807, 2.05) is 24.4 Å². The Morgan fingerprint density at radius 1 is 1.20 bits per heavy atom. The molecular weight excluding hydrogens is 489 g/mol. The monoisotopic (exact) mass is 515 g/mol. The first-order valence-corrected chi connectivity index (χ1v) is 13.7. The number of aromatic nitrogens is 2. The molecule has 5 rings (SSSR count). The molecule has 2 aromatic carbocycles. The molecule has 35 heavy (non-hydrogen) atoms. The highest BCUT2D eigenvalue weighted by molar-refractivity contribution is 7.93. The SMILES string of the molecule is CN=C[C@@H]1CCN([C@H]2CCOc3cc(S(=O)(=O)Nc4ncns4)ccc32)[C@H](c2ccc(F)cc2)C1. The van der Waals surface area contributed by atoms with Crippen molar-refractivity contribution in [2.75, 3.05) is 24.9 Å². The van der Waals surface area contributed by atoms with Gasteiger partial charge < -0.3 is 9.73 Å². The normalized spacial score (nSPS) is 23.1. The number of piperidine rings is 1. The standard InChI is InChI=1S/C24H26FN5O3S2/c1-26-14-16-8-10-30(22(12-16)17-2-4-18(25)5-3-17)21-9-11-33-23-13-19(6-7-20(21)23)35(31,32)29-24-27-15-28-34-24/h2-7,13-16,21-22H,8-12H2,1H3,(H,27,28,29)/t16-,21+,22+/m1/s1. The van der Waals surface area contributed by atoms with Crippen molar-refractivity contribution >= 4 is 32.9 Å². The Labute approximate surface area is 208 Å². The summed E-state index contributed by atoms with van der Waals surface area (Å²) in [7, 11) is -2.03. The van der Waals surface area contributed by atoms with Crippen LogP contribution in [0.2, 0.25) is 0 Å². The van der Waals surface area contributed by atoms with E-state index in [0.29, 0.717) is 18.3 Å². The lowest BCUT2D eigenvalue weighted by molar-refractivity contribution is 0.0576. The highest BCUT2D eigenvalue weighted by Gasteiger charge is 2.37. The molecule has 11 heteroatoms. The van der Waals surface area contributed by atoms with E-state index in [4.69, 9.17) is 4.74 Å². The van der Waals surface area contributed by atoms with Gasteiger partial charge in [-0.3, -0.25) is 9.62 Å². The van der Waals surface area contributed by atoms with Crippen LogP contribution in [-0.4, -0.2) is 49.1 Å². The molecule has 0 amide bonds. The highest BCUT2D eigenvalue weighted by atomic mass is 32.2. The van der Waals surface area contributed by atoms with Crippen molar-refractivity contribution in [1.29, 1.82) is 0 Å². The van der Waals surface area contributed by atoms with Gasteiger partial charge >= 0.3 is 0 Å². The second kappa shape index (κ2) is 10.00. The topological polar surface area (TPSA) is 96.8 Å². The molecule has 8 nitrogen and oxygen atoms in total. The molecule has 0 unspecified atom stereocenters. The molecule has 0 saturated carbocycles. The van der Waals surface area contributed by atoms with Gasteiger partial charge in [-0.1, -0.05) is 18.2 Å². The minimum atomic E-state index is -3.82. The van der Waals surface area contributed by atoms with Gasteiger partial charge in [0.1, 0.15) is 17.9 Å². The fourth-order valence-electron chi connectivity index (χ4n) is 5.00. The van der Waals surface area contributed by atoms with Crippen molar-refractivity contribution in [3.8, 4) is 5.75 Å². The minimum absolute atomic E-state index is 0.0567. The predicted molar refractivity (Wildman–Crippen MR) is 133 cm³/mol. The van der Waals surface area contributed by atoms with E-state index >= 15 is 0 Å². The van der Waals surface area contributed by atoms with Crippen LogP contribution in [0.1, 0.15) is 42.5 Å². The van der Waals surface area contributed by atoms with E-state index < -0.39 is 10.0 Å². The van der Waals surface area contributed by atoms with Gasteiger partial charge in [-0.2, -0.15) is 4.37 Å². The van der Waals surface area contributed by atoms with Gasteiger partial charge in [-0.15, -0.1) is 0 Å². The summed E-state index contributed by atoms with van der Waals surface area (Å²) in [6.07, 6.45) is 5.95. The van der Waals surface area contributed by atoms with Gasteiger partial charge in [0.25, 0.3) is 10.0 Å². The van der Waals surface area contributed by atoms with E-state index in [0.717, 1.165) is 48.5 Å². The number of fused-ring (bicyclic) bond motifs is 1.